The zero-order chi connectivity index (χ0) is 13.1. The lowest BCUT2D eigenvalue weighted by Gasteiger charge is -2.30. The van der Waals surface area contributed by atoms with Crippen LogP contribution in [0.4, 0.5) is 5.82 Å². The normalized spacial score (nSPS) is 13.7. The van der Waals surface area contributed by atoms with E-state index < -0.39 is 0 Å². The third-order valence-corrected chi connectivity index (χ3v) is 3.40. The first-order chi connectivity index (χ1) is 7.86. The van der Waals surface area contributed by atoms with Crippen LogP contribution in [0.3, 0.4) is 0 Å². The van der Waals surface area contributed by atoms with Crippen molar-refractivity contribution in [2.24, 2.45) is 5.41 Å². The van der Waals surface area contributed by atoms with Crippen LogP contribution < -0.4 is 11.1 Å². The highest BCUT2D eigenvalue weighted by atomic mass is 14.9. The molecule has 1 unspecified atom stereocenters. The zero-order valence-electron chi connectivity index (χ0n) is 11.7. The molecule has 0 aliphatic carbocycles. The Hall–Kier alpha value is -1.09. The molecule has 3 nitrogen and oxygen atoms in total. The van der Waals surface area contributed by atoms with Crippen molar-refractivity contribution in [3.8, 4) is 0 Å². The van der Waals surface area contributed by atoms with E-state index in [0.717, 1.165) is 12.8 Å². The Bertz CT molecular complexity index is 346. The number of rotatable bonds is 4. The molecule has 1 rings (SSSR count). The summed E-state index contributed by atoms with van der Waals surface area (Å²) in [5, 5.41) is 3.39. The summed E-state index contributed by atoms with van der Waals surface area (Å²) >= 11 is 0. The number of pyridine rings is 1. The van der Waals surface area contributed by atoms with Gasteiger partial charge in [0.25, 0.3) is 0 Å². The number of aryl methyl sites for hydroxylation is 1. The Morgan fingerprint density at radius 2 is 2.06 bits per heavy atom. The molecule has 96 valence electrons. The molecule has 1 heterocycles. The Balaban J connectivity index is 2.73. The molecule has 0 amide bonds. The Labute approximate surface area is 105 Å². The third kappa shape index (κ3) is 3.70. The van der Waals surface area contributed by atoms with E-state index in [1.54, 1.807) is 6.20 Å². The summed E-state index contributed by atoms with van der Waals surface area (Å²) in [5.41, 5.74) is 8.62. The van der Waals surface area contributed by atoms with E-state index in [0.29, 0.717) is 11.9 Å². The molecule has 0 aliphatic rings. The van der Waals surface area contributed by atoms with Crippen LogP contribution in [0, 0.1) is 12.3 Å². The maximum absolute atomic E-state index is 5.93. The molecular formula is C14H25N3. The molecule has 1 aromatic heterocycles. The fourth-order valence-electron chi connectivity index (χ4n) is 2.23. The van der Waals surface area contributed by atoms with Crippen molar-refractivity contribution in [2.75, 3.05) is 12.8 Å². The third-order valence-electron chi connectivity index (χ3n) is 3.40. The molecule has 0 radical (unpaired) electrons. The van der Waals surface area contributed by atoms with Gasteiger partial charge in [-0.3, -0.25) is 0 Å². The van der Waals surface area contributed by atoms with Crippen molar-refractivity contribution in [1.82, 2.24) is 10.3 Å². The molecule has 0 spiro atoms. The average Bonchev–Trinajstić information content (AvgIpc) is 2.20. The molecule has 0 aliphatic heterocycles. The van der Waals surface area contributed by atoms with Gasteiger partial charge in [0.15, 0.2) is 0 Å². The minimum absolute atomic E-state index is 0.264. The zero-order valence-corrected chi connectivity index (χ0v) is 11.7. The maximum Gasteiger partial charge on any atom is 0.126 e. The summed E-state index contributed by atoms with van der Waals surface area (Å²) in [6, 6.07) is 2.51. The highest BCUT2D eigenvalue weighted by Gasteiger charge is 2.22. The number of nitrogen functional groups attached to an aromatic ring is 1. The Kier molecular flexibility index (Phi) is 4.52. The fraction of sp³-hybridized carbons (Fsp3) is 0.643. The second-order valence-corrected chi connectivity index (χ2v) is 5.74. The van der Waals surface area contributed by atoms with Gasteiger partial charge in [-0.2, -0.15) is 0 Å². The van der Waals surface area contributed by atoms with Crippen molar-refractivity contribution in [2.45, 2.75) is 46.6 Å². The van der Waals surface area contributed by atoms with E-state index in [2.05, 4.69) is 38.0 Å². The lowest BCUT2D eigenvalue weighted by atomic mass is 9.83. The number of hydrogen-bond acceptors (Lipinski definition) is 3. The number of aromatic nitrogens is 1. The van der Waals surface area contributed by atoms with Gasteiger partial charge in [0.2, 0.25) is 0 Å². The Morgan fingerprint density at radius 3 is 2.53 bits per heavy atom. The first kappa shape index (κ1) is 14.0. The van der Waals surface area contributed by atoms with E-state index in [1.165, 1.54) is 11.1 Å². The first-order valence-electron chi connectivity index (χ1n) is 6.23. The summed E-state index contributed by atoms with van der Waals surface area (Å²) in [7, 11) is 2.02. The predicted molar refractivity (Wildman–Crippen MR) is 74.0 cm³/mol. The largest absolute Gasteiger partial charge is 0.383 e. The van der Waals surface area contributed by atoms with E-state index >= 15 is 0 Å². The van der Waals surface area contributed by atoms with E-state index in [4.69, 9.17) is 5.73 Å². The van der Waals surface area contributed by atoms with Gasteiger partial charge in [0.1, 0.15) is 5.82 Å². The van der Waals surface area contributed by atoms with Gasteiger partial charge < -0.3 is 11.1 Å². The molecule has 1 aromatic rings. The first-order valence-corrected chi connectivity index (χ1v) is 6.23. The second-order valence-electron chi connectivity index (χ2n) is 5.74. The molecule has 3 heteroatoms. The lowest BCUT2D eigenvalue weighted by Crippen LogP contribution is -2.38. The van der Waals surface area contributed by atoms with Crippen LogP contribution in [-0.4, -0.2) is 18.1 Å². The summed E-state index contributed by atoms with van der Waals surface area (Å²) < 4.78 is 0. The van der Waals surface area contributed by atoms with Crippen LogP contribution in [0.5, 0.6) is 0 Å². The average molecular weight is 235 g/mol. The monoisotopic (exact) mass is 235 g/mol. The van der Waals surface area contributed by atoms with Crippen molar-refractivity contribution >= 4 is 5.82 Å². The molecule has 0 fully saturated rings. The standard InChI is InChI=1S/C14H25N3/c1-10-8-9-17-13(15)11(10)6-7-12(16-5)14(2,3)4/h8-9,12,16H,6-7H2,1-5H3,(H2,15,17). The highest BCUT2D eigenvalue weighted by Crippen LogP contribution is 2.24. The van der Waals surface area contributed by atoms with Crippen molar-refractivity contribution in [3.63, 3.8) is 0 Å². The van der Waals surface area contributed by atoms with Crippen molar-refractivity contribution in [3.05, 3.63) is 23.4 Å². The SMILES string of the molecule is CNC(CCc1c(C)ccnc1N)C(C)(C)C. The molecular weight excluding hydrogens is 210 g/mol. The van der Waals surface area contributed by atoms with Gasteiger partial charge >= 0.3 is 0 Å². The topological polar surface area (TPSA) is 50.9 Å². The van der Waals surface area contributed by atoms with E-state index in [1.807, 2.05) is 13.1 Å². The quantitative estimate of drug-likeness (QED) is 0.843. The van der Waals surface area contributed by atoms with Crippen LogP contribution in [0.15, 0.2) is 12.3 Å². The maximum atomic E-state index is 5.93. The lowest BCUT2D eigenvalue weighted by molar-refractivity contribution is 0.268. The summed E-state index contributed by atoms with van der Waals surface area (Å²) in [6.45, 7) is 8.87. The van der Waals surface area contributed by atoms with Crippen LogP contribution in [0.1, 0.15) is 38.3 Å². The summed E-state index contributed by atoms with van der Waals surface area (Å²) in [6.07, 6.45) is 3.83. The molecule has 0 bridgehead atoms. The van der Waals surface area contributed by atoms with E-state index in [-0.39, 0.29) is 5.41 Å². The van der Waals surface area contributed by atoms with Crippen molar-refractivity contribution < 1.29 is 0 Å². The van der Waals surface area contributed by atoms with Crippen molar-refractivity contribution in [1.29, 1.82) is 0 Å². The molecule has 3 N–H and O–H groups in total. The number of nitrogens with two attached hydrogens (primary N) is 1. The van der Waals surface area contributed by atoms with Crippen LogP contribution >= 0.6 is 0 Å². The summed E-state index contributed by atoms with van der Waals surface area (Å²) in [5.74, 6) is 0.675. The minimum atomic E-state index is 0.264. The molecule has 0 saturated heterocycles. The number of nitrogens with zero attached hydrogens (tertiary/aromatic N) is 1. The predicted octanol–water partition coefficient (Wildman–Crippen LogP) is 2.54. The van der Waals surface area contributed by atoms with Crippen LogP contribution in [0.2, 0.25) is 0 Å². The highest BCUT2D eigenvalue weighted by molar-refractivity contribution is 5.43. The fourth-order valence-corrected chi connectivity index (χ4v) is 2.23. The molecule has 1 atom stereocenters. The molecule has 0 aromatic carbocycles. The minimum Gasteiger partial charge on any atom is -0.383 e. The smallest absolute Gasteiger partial charge is 0.126 e. The number of anilines is 1. The second kappa shape index (κ2) is 5.50. The number of nitrogens with one attached hydrogen (secondary N) is 1. The van der Waals surface area contributed by atoms with Crippen LogP contribution in [-0.2, 0) is 6.42 Å². The van der Waals surface area contributed by atoms with Gasteiger partial charge in [-0.15, -0.1) is 0 Å². The van der Waals surface area contributed by atoms with Crippen LogP contribution in [0.25, 0.3) is 0 Å². The van der Waals surface area contributed by atoms with Gasteiger partial charge in [0, 0.05) is 12.2 Å². The van der Waals surface area contributed by atoms with E-state index in [9.17, 15) is 0 Å². The van der Waals surface area contributed by atoms with Gasteiger partial charge in [-0.1, -0.05) is 20.8 Å². The van der Waals surface area contributed by atoms with Gasteiger partial charge in [-0.05, 0) is 49.4 Å². The molecule has 0 saturated carbocycles. The van der Waals surface area contributed by atoms with Gasteiger partial charge in [-0.25, -0.2) is 4.98 Å². The Morgan fingerprint density at radius 1 is 1.41 bits per heavy atom. The molecule has 17 heavy (non-hydrogen) atoms. The van der Waals surface area contributed by atoms with Gasteiger partial charge in [0.05, 0.1) is 0 Å². The number of hydrogen-bond donors (Lipinski definition) is 2. The summed E-state index contributed by atoms with van der Waals surface area (Å²) in [4.78, 5) is 4.16.